The highest BCUT2D eigenvalue weighted by Gasteiger charge is 2.24. The summed E-state index contributed by atoms with van der Waals surface area (Å²) in [7, 11) is 0. The molecule has 2 aliphatic heterocycles. The zero-order chi connectivity index (χ0) is 17.2. The molecule has 132 valence electrons. The van der Waals surface area contributed by atoms with Crippen molar-refractivity contribution in [2.24, 2.45) is 0 Å². The van der Waals surface area contributed by atoms with Crippen molar-refractivity contribution in [1.29, 1.82) is 0 Å². The summed E-state index contributed by atoms with van der Waals surface area (Å²) in [5.74, 6) is -0.166. The molecule has 0 bridgehead atoms. The summed E-state index contributed by atoms with van der Waals surface area (Å²) in [6, 6.07) is 6.91. The number of carbonyl (C=O) groups is 1. The number of aromatic amines is 1. The van der Waals surface area contributed by atoms with Crippen molar-refractivity contribution < 1.29 is 14.6 Å². The number of hydrogen-bond acceptors (Lipinski definition) is 4. The van der Waals surface area contributed by atoms with E-state index in [1.54, 1.807) is 18.2 Å². The van der Waals surface area contributed by atoms with Crippen LogP contribution in [-0.2, 0) is 17.7 Å². The average Bonchev–Trinajstić information content (AvgIpc) is 3.06. The van der Waals surface area contributed by atoms with Crippen molar-refractivity contribution in [1.82, 2.24) is 14.9 Å². The van der Waals surface area contributed by atoms with Crippen LogP contribution < -0.4 is 0 Å². The van der Waals surface area contributed by atoms with Crippen LogP contribution in [0.4, 0.5) is 0 Å². The number of aromatic nitrogens is 2. The fourth-order valence-electron chi connectivity index (χ4n) is 3.68. The van der Waals surface area contributed by atoms with Gasteiger partial charge in [0.05, 0.1) is 23.1 Å². The first kappa shape index (κ1) is 16.3. The third kappa shape index (κ3) is 3.60. The Kier molecular flexibility index (Phi) is 4.55. The lowest BCUT2D eigenvalue weighted by Gasteiger charge is -2.31. The number of aromatic carboxylic acids is 1. The number of carboxylic acid groups (broad SMARTS) is 1. The van der Waals surface area contributed by atoms with Gasteiger partial charge in [0.25, 0.3) is 0 Å². The summed E-state index contributed by atoms with van der Waals surface area (Å²) in [6.45, 7) is 3.70. The topological polar surface area (TPSA) is 78.4 Å². The van der Waals surface area contributed by atoms with Crippen LogP contribution >= 0.6 is 0 Å². The first-order valence-electron chi connectivity index (χ1n) is 8.94. The van der Waals surface area contributed by atoms with Crippen LogP contribution in [0.1, 0.15) is 41.0 Å². The van der Waals surface area contributed by atoms with E-state index in [0.717, 1.165) is 61.9 Å². The van der Waals surface area contributed by atoms with Crippen molar-refractivity contribution in [3.63, 3.8) is 0 Å². The molecule has 0 unspecified atom stereocenters. The van der Waals surface area contributed by atoms with Gasteiger partial charge in [-0.2, -0.15) is 0 Å². The number of benzene rings is 1. The Balaban J connectivity index is 1.48. The van der Waals surface area contributed by atoms with E-state index in [9.17, 15) is 4.79 Å². The van der Waals surface area contributed by atoms with Crippen LogP contribution in [0.25, 0.3) is 11.4 Å². The number of H-pyrrole nitrogens is 1. The molecule has 0 aliphatic carbocycles. The molecule has 1 fully saturated rings. The smallest absolute Gasteiger partial charge is 0.335 e. The summed E-state index contributed by atoms with van der Waals surface area (Å²) in [4.78, 5) is 21.7. The molecule has 1 atom stereocenters. The van der Waals surface area contributed by atoms with Crippen molar-refractivity contribution in [2.45, 2.75) is 38.3 Å². The number of imidazole rings is 1. The second-order valence-corrected chi connectivity index (χ2v) is 6.87. The average molecular weight is 341 g/mol. The van der Waals surface area contributed by atoms with Crippen molar-refractivity contribution in [3.8, 4) is 11.4 Å². The Labute approximate surface area is 146 Å². The van der Waals surface area contributed by atoms with Crippen molar-refractivity contribution >= 4 is 5.97 Å². The third-order valence-corrected chi connectivity index (χ3v) is 5.03. The van der Waals surface area contributed by atoms with Gasteiger partial charge in [-0.3, -0.25) is 4.90 Å². The first-order chi connectivity index (χ1) is 12.2. The van der Waals surface area contributed by atoms with Gasteiger partial charge in [-0.05, 0) is 31.4 Å². The van der Waals surface area contributed by atoms with Gasteiger partial charge in [0.2, 0.25) is 0 Å². The number of fused-ring (bicyclic) bond motifs is 1. The number of nitrogens with one attached hydrogen (secondary N) is 1. The summed E-state index contributed by atoms with van der Waals surface area (Å²) in [5, 5.41) is 9.16. The van der Waals surface area contributed by atoms with Crippen LogP contribution in [0.3, 0.4) is 0 Å². The molecule has 0 spiro atoms. The molecule has 0 amide bonds. The molecular formula is C19H23N3O3. The molecular weight excluding hydrogens is 318 g/mol. The van der Waals surface area contributed by atoms with E-state index in [2.05, 4.69) is 9.88 Å². The van der Waals surface area contributed by atoms with Crippen LogP contribution in [0, 0.1) is 0 Å². The highest BCUT2D eigenvalue weighted by molar-refractivity contribution is 5.89. The predicted octanol–water partition coefficient (Wildman–Crippen LogP) is 2.70. The van der Waals surface area contributed by atoms with Gasteiger partial charge in [-0.25, -0.2) is 9.78 Å². The number of rotatable bonds is 4. The van der Waals surface area contributed by atoms with E-state index in [0.29, 0.717) is 6.10 Å². The molecule has 1 aromatic carbocycles. The Morgan fingerprint density at radius 2 is 2.32 bits per heavy atom. The molecule has 0 radical (unpaired) electrons. The minimum atomic E-state index is -0.920. The highest BCUT2D eigenvalue weighted by atomic mass is 16.5. The Morgan fingerprint density at radius 3 is 3.12 bits per heavy atom. The monoisotopic (exact) mass is 341 g/mol. The van der Waals surface area contributed by atoms with Crippen LogP contribution in [0.5, 0.6) is 0 Å². The van der Waals surface area contributed by atoms with E-state index in [1.807, 2.05) is 6.07 Å². The van der Waals surface area contributed by atoms with Crippen LogP contribution in [0.15, 0.2) is 24.3 Å². The van der Waals surface area contributed by atoms with E-state index in [4.69, 9.17) is 14.8 Å². The van der Waals surface area contributed by atoms with Crippen LogP contribution in [0.2, 0.25) is 0 Å². The fourth-order valence-corrected chi connectivity index (χ4v) is 3.68. The molecule has 0 saturated carbocycles. The molecule has 1 saturated heterocycles. The summed E-state index contributed by atoms with van der Waals surface area (Å²) < 4.78 is 5.86. The second-order valence-electron chi connectivity index (χ2n) is 6.87. The quantitative estimate of drug-likeness (QED) is 0.894. The Hall–Kier alpha value is -2.18. The SMILES string of the molecule is O=C(O)c1cccc(-c2nc3c([nH]2)CN(C[C@H]2CCCCO2)CC3)c1. The van der Waals surface area contributed by atoms with Crippen LogP contribution in [-0.4, -0.2) is 51.7 Å². The van der Waals surface area contributed by atoms with Gasteiger partial charge >= 0.3 is 5.97 Å². The van der Waals surface area contributed by atoms with Gasteiger partial charge < -0.3 is 14.8 Å². The Morgan fingerprint density at radius 1 is 1.40 bits per heavy atom. The Bertz CT molecular complexity index is 765. The van der Waals surface area contributed by atoms with Crippen molar-refractivity contribution in [3.05, 3.63) is 41.2 Å². The highest BCUT2D eigenvalue weighted by Crippen LogP contribution is 2.24. The maximum atomic E-state index is 11.2. The normalized spacial score (nSPS) is 21.0. The number of ether oxygens (including phenoxy) is 1. The molecule has 2 aromatic rings. The van der Waals surface area contributed by atoms with Gasteiger partial charge in [-0.15, -0.1) is 0 Å². The minimum absolute atomic E-state index is 0.281. The number of carboxylic acids is 1. The van der Waals surface area contributed by atoms with Crippen molar-refractivity contribution in [2.75, 3.05) is 19.7 Å². The van der Waals surface area contributed by atoms with Gasteiger partial charge in [0, 0.05) is 38.2 Å². The molecule has 6 heteroatoms. The molecule has 2 N–H and O–H groups in total. The third-order valence-electron chi connectivity index (χ3n) is 5.03. The zero-order valence-electron chi connectivity index (χ0n) is 14.2. The zero-order valence-corrected chi connectivity index (χ0v) is 14.2. The lowest BCUT2D eigenvalue weighted by molar-refractivity contribution is -0.00826. The first-order valence-corrected chi connectivity index (χ1v) is 8.94. The van der Waals surface area contributed by atoms with Gasteiger partial charge in [-0.1, -0.05) is 12.1 Å². The summed E-state index contributed by atoms with van der Waals surface area (Å²) >= 11 is 0. The van der Waals surface area contributed by atoms with Gasteiger partial charge in [0.1, 0.15) is 5.82 Å². The fraction of sp³-hybridized carbons (Fsp3) is 0.474. The van der Waals surface area contributed by atoms with Gasteiger partial charge in [0.15, 0.2) is 0 Å². The molecule has 4 rings (SSSR count). The van der Waals surface area contributed by atoms with E-state index in [1.165, 1.54) is 12.8 Å². The minimum Gasteiger partial charge on any atom is -0.478 e. The lowest BCUT2D eigenvalue weighted by Crippen LogP contribution is -2.38. The molecule has 3 heterocycles. The largest absolute Gasteiger partial charge is 0.478 e. The van der Waals surface area contributed by atoms with E-state index >= 15 is 0 Å². The maximum Gasteiger partial charge on any atom is 0.335 e. The molecule has 25 heavy (non-hydrogen) atoms. The maximum absolute atomic E-state index is 11.2. The summed E-state index contributed by atoms with van der Waals surface area (Å²) in [5.41, 5.74) is 3.33. The molecule has 2 aliphatic rings. The predicted molar refractivity (Wildman–Crippen MR) is 93.6 cm³/mol. The second kappa shape index (κ2) is 6.98. The standard InChI is InChI=1S/C19H23N3O3/c23-19(24)14-5-3-4-13(10-14)18-20-16-7-8-22(12-17(16)21-18)11-15-6-1-2-9-25-15/h3-5,10,15H,1-2,6-9,11-12H2,(H,20,21)(H,23,24)/t15-/m1/s1. The number of hydrogen-bond donors (Lipinski definition) is 2. The molecule has 6 nitrogen and oxygen atoms in total. The number of nitrogens with zero attached hydrogens (tertiary/aromatic N) is 2. The molecule has 1 aromatic heterocycles. The van der Waals surface area contributed by atoms with E-state index in [-0.39, 0.29) is 5.56 Å². The summed E-state index contributed by atoms with van der Waals surface area (Å²) in [6.07, 6.45) is 4.86. The van der Waals surface area contributed by atoms with E-state index < -0.39 is 5.97 Å². The lowest BCUT2D eigenvalue weighted by atomic mass is 10.1.